The van der Waals surface area contributed by atoms with Crippen molar-refractivity contribution in [3.63, 3.8) is 0 Å². The predicted molar refractivity (Wildman–Crippen MR) is 142 cm³/mol. The predicted octanol–water partition coefficient (Wildman–Crippen LogP) is 6.67. The number of carbonyl (C=O) groups excluding carboxylic acids is 2. The third-order valence-corrected chi connectivity index (χ3v) is 7.27. The number of fused-ring (bicyclic) bond motifs is 1. The summed E-state index contributed by atoms with van der Waals surface area (Å²) < 4.78 is 16.6. The van der Waals surface area contributed by atoms with E-state index in [9.17, 15) is 9.59 Å². The highest BCUT2D eigenvalue weighted by Crippen LogP contribution is 2.40. The maximum atomic E-state index is 12.7. The first kappa shape index (κ1) is 26.8. The first-order chi connectivity index (χ1) is 17.0. The number of thiophene rings is 1. The molecule has 1 aromatic heterocycles. The monoisotopic (exact) mass is 499 g/mol. The molecule has 0 saturated heterocycles. The van der Waals surface area contributed by atoms with Crippen LogP contribution in [0.2, 0.25) is 0 Å². The molecule has 6 nitrogen and oxygen atoms in total. The second-order valence-electron chi connectivity index (χ2n) is 8.92. The number of esters is 1. The molecule has 1 aliphatic rings. The summed E-state index contributed by atoms with van der Waals surface area (Å²) in [5.41, 5.74) is 2.36. The molecule has 2 aromatic rings. The first-order valence-corrected chi connectivity index (χ1v) is 13.4. The Bertz CT molecular complexity index is 1040. The fraction of sp³-hybridized carbons (Fsp3) is 0.500. The maximum absolute atomic E-state index is 12.7. The number of unbranched alkanes of at least 4 members (excludes halogenated alkanes) is 3. The fourth-order valence-electron chi connectivity index (χ4n) is 4.20. The molecule has 0 spiro atoms. The van der Waals surface area contributed by atoms with Gasteiger partial charge in [-0.05, 0) is 67.9 Å². The molecule has 1 aromatic carbocycles. The van der Waals surface area contributed by atoms with Gasteiger partial charge in [-0.1, -0.05) is 39.2 Å². The molecule has 1 atom stereocenters. The average Bonchev–Trinajstić information content (AvgIpc) is 3.19. The van der Waals surface area contributed by atoms with E-state index in [1.54, 1.807) is 20.1 Å². The zero-order chi connectivity index (χ0) is 25.2. The Morgan fingerprint density at radius 2 is 2.00 bits per heavy atom. The van der Waals surface area contributed by atoms with Crippen LogP contribution in [0.4, 0.5) is 5.00 Å². The lowest BCUT2D eigenvalue weighted by atomic mass is 9.88. The fourth-order valence-corrected chi connectivity index (χ4v) is 5.60. The Hall–Kier alpha value is -2.80. The normalized spacial score (nSPS) is 15.0. The van der Waals surface area contributed by atoms with Crippen molar-refractivity contribution >= 4 is 34.3 Å². The van der Waals surface area contributed by atoms with Gasteiger partial charge in [0.05, 0.1) is 25.9 Å². The van der Waals surface area contributed by atoms with Crippen LogP contribution in [0.25, 0.3) is 6.08 Å². The van der Waals surface area contributed by atoms with Gasteiger partial charge in [0.1, 0.15) is 5.00 Å². The van der Waals surface area contributed by atoms with Crippen LogP contribution >= 0.6 is 11.3 Å². The first-order valence-electron chi connectivity index (χ1n) is 12.6. The minimum atomic E-state index is -0.367. The molecule has 1 N–H and O–H groups in total. The number of rotatable bonds is 12. The second kappa shape index (κ2) is 13.3. The van der Waals surface area contributed by atoms with Crippen molar-refractivity contribution in [2.75, 3.05) is 25.6 Å². The largest absolute Gasteiger partial charge is 0.493 e. The van der Waals surface area contributed by atoms with Crippen molar-refractivity contribution in [3.8, 4) is 11.5 Å². The zero-order valence-electron chi connectivity index (χ0n) is 21.3. The number of hydrogen-bond acceptors (Lipinski definition) is 6. The molecule has 3 rings (SSSR count). The number of carbonyl (C=O) groups is 2. The molecule has 35 heavy (non-hydrogen) atoms. The summed E-state index contributed by atoms with van der Waals surface area (Å²) in [6, 6.07) is 5.60. The minimum absolute atomic E-state index is 0.294. The lowest BCUT2D eigenvalue weighted by molar-refractivity contribution is -0.111. The van der Waals surface area contributed by atoms with Crippen molar-refractivity contribution in [2.24, 2.45) is 5.92 Å². The van der Waals surface area contributed by atoms with Gasteiger partial charge in [0.15, 0.2) is 11.5 Å². The highest BCUT2D eigenvalue weighted by molar-refractivity contribution is 7.17. The number of methoxy groups -OCH3 is 1. The summed E-state index contributed by atoms with van der Waals surface area (Å²) >= 11 is 1.49. The van der Waals surface area contributed by atoms with E-state index in [1.807, 2.05) is 18.2 Å². The molecule has 0 aliphatic heterocycles. The van der Waals surface area contributed by atoms with Crippen molar-refractivity contribution < 1.29 is 23.8 Å². The smallest absolute Gasteiger partial charge is 0.341 e. The summed E-state index contributed by atoms with van der Waals surface area (Å²) in [6.07, 6.45) is 10.5. The lowest BCUT2D eigenvalue weighted by Gasteiger charge is -2.18. The van der Waals surface area contributed by atoms with E-state index in [0.717, 1.165) is 43.2 Å². The van der Waals surface area contributed by atoms with E-state index >= 15 is 0 Å². The molecule has 0 bridgehead atoms. The van der Waals surface area contributed by atoms with Crippen LogP contribution in [0.5, 0.6) is 11.5 Å². The van der Waals surface area contributed by atoms with Gasteiger partial charge < -0.3 is 19.5 Å². The number of anilines is 1. The standard InChI is InChI=1S/C28H37NO5S/c1-5-7-8-9-16-34-22-14-11-20(18-23(22)32-4)12-15-25(30)29-27-26(28(31)33-6-2)21-13-10-19(3)17-24(21)35-27/h11-12,14-15,18-19H,5-10,13,16-17H2,1-4H3,(H,29,30)/b15-12+. The van der Waals surface area contributed by atoms with Crippen LogP contribution in [0.15, 0.2) is 24.3 Å². The second-order valence-corrected chi connectivity index (χ2v) is 10.0. The molecule has 190 valence electrons. The van der Waals surface area contributed by atoms with Gasteiger partial charge >= 0.3 is 5.97 Å². The molecular formula is C28H37NO5S. The molecule has 0 saturated carbocycles. The SMILES string of the molecule is CCCCCCOc1ccc(/C=C/C(=O)Nc2sc3c(c2C(=O)OCC)CCC(C)C3)cc1OC. The van der Waals surface area contributed by atoms with Gasteiger partial charge in [0.2, 0.25) is 5.91 Å². The molecule has 0 fully saturated rings. The van der Waals surface area contributed by atoms with E-state index in [4.69, 9.17) is 14.2 Å². The Morgan fingerprint density at radius 1 is 1.17 bits per heavy atom. The van der Waals surface area contributed by atoms with Gasteiger partial charge in [-0.15, -0.1) is 11.3 Å². The molecule has 1 unspecified atom stereocenters. The molecule has 0 radical (unpaired) electrons. The average molecular weight is 500 g/mol. The molecule has 7 heteroatoms. The Labute approximate surface area is 212 Å². The summed E-state index contributed by atoms with van der Waals surface area (Å²) in [5.74, 6) is 1.24. The quantitative estimate of drug-likeness (QED) is 0.201. The minimum Gasteiger partial charge on any atom is -0.493 e. The van der Waals surface area contributed by atoms with Gasteiger partial charge in [-0.25, -0.2) is 4.79 Å². The van der Waals surface area contributed by atoms with E-state index < -0.39 is 0 Å². The van der Waals surface area contributed by atoms with Gasteiger partial charge in [0.25, 0.3) is 0 Å². The van der Waals surface area contributed by atoms with Crippen molar-refractivity contribution in [1.29, 1.82) is 0 Å². The van der Waals surface area contributed by atoms with Crippen LogP contribution in [-0.4, -0.2) is 32.2 Å². The van der Waals surface area contributed by atoms with Crippen LogP contribution < -0.4 is 14.8 Å². The third kappa shape index (κ3) is 7.34. The number of hydrogen-bond donors (Lipinski definition) is 1. The number of benzene rings is 1. The Balaban J connectivity index is 1.68. The van der Waals surface area contributed by atoms with Gasteiger partial charge in [0, 0.05) is 11.0 Å². The van der Waals surface area contributed by atoms with Crippen molar-refractivity contribution in [2.45, 2.75) is 65.7 Å². The Kier molecular flexibility index (Phi) is 10.2. The lowest BCUT2D eigenvalue weighted by Crippen LogP contribution is -2.15. The Morgan fingerprint density at radius 3 is 2.74 bits per heavy atom. The number of amides is 1. The summed E-state index contributed by atoms with van der Waals surface area (Å²) in [4.78, 5) is 26.6. The summed E-state index contributed by atoms with van der Waals surface area (Å²) in [6.45, 7) is 7.14. The number of nitrogens with one attached hydrogen (secondary N) is 1. The van der Waals surface area contributed by atoms with E-state index in [-0.39, 0.29) is 11.9 Å². The topological polar surface area (TPSA) is 73.9 Å². The maximum Gasteiger partial charge on any atom is 0.341 e. The highest BCUT2D eigenvalue weighted by atomic mass is 32.1. The van der Waals surface area contributed by atoms with Crippen LogP contribution in [0.3, 0.4) is 0 Å². The van der Waals surface area contributed by atoms with E-state index in [2.05, 4.69) is 19.2 Å². The highest BCUT2D eigenvalue weighted by Gasteiger charge is 2.28. The van der Waals surface area contributed by atoms with Crippen LogP contribution in [0, 0.1) is 5.92 Å². The van der Waals surface area contributed by atoms with Gasteiger partial charge in [-0.2, -0.15) is 0 Å². The van der Waals surface area contributed by atoms with Crippen LogP contribution in [0.1, 0.15) is 79.2 Å². The summed E-state index contributed by atoms with van der Waals surface area (Å²) in [7, 11) is 1.61. The molecule has 1 amide bonds. The molecule has 1 heterocycles. The van der Waals surface area contributed by atoms with Crippen LogP contribution in [-0.2, 0) is 22.4 Å². The summed E-state index contributed by atoms with van der Waals surface area (Å²) in [5, 5.41) is 3.48. The van der Waals surface area contributed by atoms with E-state index in [0.29, 0.717) is 41.2 Å². The third-order valence-electron chi connectivity index (χ3n) is 6.10. The number of ether oxygens (including phenoxy) is 3. The molecular weight excluding hydrogens is 462 g/mol. The molecule has 1 aliphatic carbocycles. The van der Waals surface area contributed by atoms with Crippen molar-refractivity contribution in [1.82, 2.24) is 0 Å². The van der Waals surface area contributed by atoms with E-state index in [1.165, 1.54) is 35.1 Å². The zero-order valence-corrected chi connectivity index (χ0v) is 22.1. The van der Waals surface area contributed by atoms with Gasteiger partial charge in [-0.3, -0.25) is 4.79 Å². The van der Waals surface area contributed by atoms with Crippen molar-refractivity contribution in [3.05, 3.63) is 45.8 Å².